The number of hydrogen-bond donors (Lipinski definition) is 0. The largest absolute Gasteiger partial charge is 0.484 e. The van der Waals surface area contributed by atoms with Gasteiger partial charge in [0.2, 0.25) is 0 Å². The summed E-state index contributed by atoms with van der Waals surface area (Å²) in [5, 5.41) is 8.37. The first-order valence-electron chi connectivity index (χ1n) is 8.32. The van der Waals surface area contributed by atoms with Gasteiger partial charge >= 0.3 is 0 Å². The standard InChI is InChI=1S/C19H17FN4O2/c20-15-6-8-17(9-7-15)26-13-19(25)23-10-16(11-23)24-12-18(21-22-24)14-4-2-1-3-5-14/h1-9,12,16H,10-11,13H2. The second-order valence-corrected chi connectivity index (χ2v) is 6.14. The maximum Gasteiger partial charge on any atom is 0.260 e. The molecular formula is C19H17FN4O2. The first-order chi connectivity index (χ1) is 12.7. The van der Waals surface area contributed by atoms with Crippen LogP contribution in [0.3, 0.4) is 0 Å². The van der Waals surface area contributed by atoms with Crippen LogP contribution in [0.25, 0.3) is 11.3 Å². The molecule has 2 heterocycles. The van der Waals surface area contributed by atoms with E-state index in [4.69, 9.17) is 4.74 Å². The van der Waals surface area contributed by atoms with Gasteiger partial charge in [-0.1, -0.05) is 35.5 Å². The molecule has 0 aliphatic carbocycles. The van der Waals surface area contributed by atoms with Crippen LogP contribution in [0.4, 0.5) is 4.39 Å². The van der Waals surface area contributed by atoms with Crippen LogP contribution < -0.4 is 4.74 Å². The summed E-state index contributed by atoms with van der Waals surface area (Å²) in [7, 11) is 0. The Hall–Kier alpha value is -3.22. The van der Waals surface area contributed by atoms with Crippen molar-refractivity contribution in [1.29, 1.82) is 0 Å². The molecule has 1 fully saturated rings. The molecule has 0 unspecified atom stereocenters. The Balaban J connectivity index is 1.29. The Morgan fingerprint density at radius 2 is 1.85 bits per heavy atom. The molecule has 26 heavy (non-hydrogen) atoms. The zero-order chi connectivity index (χ0) is 17.9. The van der Waals surface area contributed by atoms with Crippen LogP contribution in [0.2, 0.25) is 0 Å². The highest BCUT2D eigenvalue weighted by molar-refractivity contribution is 5.78. The maximum absolute atomic E-state index is 12.8. The number of ether oxygens (including phenoxy) is 1. The Morgan fingerprint density at radius 3 is 2.58 bits per heavy atom. The van der Waals surface area contributed by atoms with Crippen molar-refractivity contribution in [1.82, 2.24) is 19.9 Å². The van der Waals surface area contributed by atoms with Crippen molar-refractivity contribution in [2.24, 2.45) is 0 Å². The molecule has 4 rings (SSSR count). The van der Waals surface area contributed by atoms with Crippen molar-refractivity contribution in [3.63, 3.8) is 0 Å². The summed E-state index contributed by atoms with van der Waals surface area (Å²) < 4.78 is 20.0. The van der Waals surface area contributed by atoms with Crippen LogP contribution in [0.5, 0.6) is 5.75 Å². The number of benzene rings is 2. The maximum atomic E-state index is 12.8. The van der Waals surface area contributed by atoms with Gasteiger partial charge in [-0.3, -0.25) is 4.79 Å². The lowest BCUT2D eigenvalue weighted by molar-refractivity contribution is -0.139. The summed E-state index contributed by atoms with van der Waals surface area (Å²) in [5.74, 6) is 0.0338. The third-order valence-electron chi connectivity index (χ3n) is 4.34. The van der Waals surface area contributed by atoms with E-state index in [0.717, 1.165) is 11.3 Å². The molecule has 1 amide bonds. The molecule has 1 aromatic heterocycles. The van der Waals surface area contributed by atoms with Crippen molar-refractivity contribution in [3.8, 4) is 17.0 Å². The fourth-order valence-electron chi connectivity index (χ4n) is 2.79. The minimum Gasteiger partial charge on any atom is -0.484 e. The van der Waals surface area contributed by atoms with E-state index in [1.165, 1.54) is 24.3 Å². The van der Waals surface area contributed by atoms with E-state index in [2.05, 4.69) is 10.3 Å². The lowest BCUT2D eigenvalue weighted by atomic mass is 10.1. The van der Waals surface area contributed by atoms with Gasteiger partial charge in [0.25, 0.3) is 5.91 Å². The summed E-state index contributed by atoms with van der Waals surface area (Å²) >= 11 is 0. The molecule has 0 atom stereocenters. The average Bonchev–Trinajstić information content (AvgIpc) is 3.10. The third-order valence-corrected chi connectivity index (χ3v) is 4.34. The molecule has 0 N–H and O–H groups in total. The number of hydrogen-bond acceptors (Lipinski definition) is 4. The summed E-state index contributed by atoms with van der Waals surface area (Å²) in [5.41, 5.74) is 1.83. The van der Waals surface area contributed by atoms with Crippen LogP contribution in [0.1, 0.15) is 6.04 Å². The molecule has 0 saturated carbocycles. The molecule has 1 aliphatic heterocycles. The molecule has 1 saturated heterocycles. The monoisotopic (exact) mass is 352 g/mol. The van der Waals surface area contributed by atoms with E-state index < -0.39 is 0 Å². The third kappa shape index (κ3) is 3.42. The Labute approximate surface area is 149 Å². The number of amides is 1. The molecule has 0 bridgehead atoms. The van der Waals surface area contributed by atoms with Gasteiger partial charge in [-0.15, -0.1) is 5.10 Å². The minimum absolute atomic E-state index is 0.0645. The van der Waals surface area contributed by atoms with Gasteiger partial charge in [-0.05, 0) is 24.3 Å². The Morgan fingerprint density at radius 1 is 1.12 bits per heavy atom. The van der Waals surface area contributed by atoms with Crippen LogP contribution in [-0.2, 0) is 4.79 Å². The zero-order valence-electron chi connectivity index (χ0n) is 14.0. The number of rotatable bonds is 5. The van der Waals surface area contributed by atoms with Crippen LogP contribution in [0.15, 0.2) is 60.8 Å². The van der Waals surface area contributed by atoms with Gasteiger partial charge in [0.15, 0.2) is 6.61 Å². The fourth-order valence-corrected chi connectivity index (χ4v) is 2.79. The van der Waals surface area contributed by atoms with Crippen molar-refractivity contribution in [2.75, 3.05) is 19.7 Å². The Bertz CT molecular complexity index is 889. The van der Waals surface area contributed by atoms with Crippen LogP contribution in [-0.4, -0.2) is 45.5 Å². The summed E-state index contributed by atoms with van der Waals surface area (Å²) in [6.07, 6.45) is 1.90. The van der Waals surface area contributed by atoms with Gasteiger partial charge < -0.3 is 9.64 Å². The van der Waals surface area contributed by atoms with Crippen molar-refractivity contribution >= 4 is 5.91 Å². The number of likely N-dealkylation sites (tertiary alicyclic amines) is 1. The first kappa shape index (κ1) is 16.3. The fraction of sp³-hybridized carbons (Fsp3) is 0.211. The number of carbonyl (C=O) groups excluding carboxylic acids is 1. The Kier molecular flexibility index (Phi) is 4.35. The van der Waals surface area contributed by atoms with E-state index >= 15 is 0 Å². The van der Waals surface area contributed by atoms with Gasteiger partial charge in [-0.25, -0.2) is 9.07 Å². The second-order valence-electron chi connectivity index (χ2n) is 6.14. The minimum atomic E-state index is -0.336. The predicted molar refractivity (Wildman–Crippen MR) is 93.0 cm³/mol. The van der Waals surface area contributed by atoms with E-state index in [1.807, 2.05) is 36.5 Å². The summed E-state index contributed by atoms with van der Waals surface area (Å²) in [4.78, 5) is 13.9. The highest BCUT2D eigenvalue weighted by atomic mass is 19.1. The van der Waals surface area contributed by atoms with Crippen LogP contribution in [0, 0.1) is 5.82 Å². The predicted octanol–water partition coefficient (Wildman–Crippen LogP) is 2.55. The van der Waals surface area contributed by atoms with Crippen molar-refractivity contribution in [3.05, 3.63) is 66.6 Å². The lowest BCUT2D eigenvalue weighted by Crippen LogP contribution is -2.52. The number of carbonyl (C=O) groups is 1. The summed E-state index contributed by atoms with van der Waals surface area (Å²) in [6, 6.07) is 15.6. The van der Waals surface area contributed by atoms with E-state index in [9.17, 15) is 9.18 Å². The smallest absolute Gasteiger partial charge is 0.260 e. The van der Waals surface area contributed by atoms with Crippen molar-refractivity contribution in [2.45, 2.75) is 6.04 Å². The van der Waals surface area contributed by atoms with E-state index in [-0.39, 0.29) is 24.4 Å². The zero-order valence-corrected chi connectivity index (χ0v) is 14.0. The van der Waals surface area contributed by atoms with Gasteiger partial charge in [0.05, 0.1) is 12.2 Å². The number of halogens is 1. The number of nitrogens with zero attached hydrogens (tertiary/aromatic N) is 4. The molecule has 1 aliphatic rings. The van der Waals surface area contributed by atoms with E-state index in [0.29, 0.717) is 18.8 Å². The SMILES string of the molecule is O=C(COc1ccc(F)cc1)N1CC(n2cc(-c3ccccc3)nn2)C1. The van der Waals surface area contributed by atoms with Gasteiger partial charge in [-0.2, -0.15) is 0 Å². The molecule has 6 nitrogen and oxygen atoms in total. The quantitative estimate of drug-likeness (QED) is 0.708. The van der Waals surface area contributed by atoms with Crippen molar-refractivity contribution < 1.29 is 13.9 Å². The molecule has 132 valence electrons. The first-order valence-corrected chi connectivity index (χ1v) is 8.32. The molecule has 3 aromatic rings. The summed E-state index contributed by atoms with van der Waals surface area (Å²) in [6.45, 7) is 1.08. The molecular weight excluding hydrogens is 335 g/mol. The van der Waals surface area contributed by atoms with Gasteiger partial charge in [0.1, 0.15) is 17.3 Å². The average molecular weight is 352 g/mol. The normalized spacial score (nSPS) is 14.1. The highest BCUT2D eigenvalue weighted by Crippen LogP contribution is 2.23. The van der Waals surface area contributed by atoms with Gasteiger partial charge in [0, 0.05) is 18.7 Å². The van der Waals surface area contributed by atoms with E-state index in [1.54, 1.807) is 9.58 Å². The van der Waals surface area contributed by atoms with Crippen LogP contribution >= 0.6 is 0 Å². The lowest BCUT2D eigenvalue weighted by Gasteiger charge is -2.38. The molecule has 2 aromatic carbocycles. The highest BCUT2D eigenvalue weighted by Gasteiger charge is 2.32. The number of aromatic nitrogens is 3. The molecule has 0 radical (unpaired) electrons. The second kappa shape index (κ2) is 6.95. The molecule has 0 spiro atoms. The molecule has 7 heteroatoms. The topological polar surface area (TPSA) is 60.2 Å².